The summed E-state index contributed by atoms with van der Waals surface area (Å²) in [5.74, 6) is 0.426. The van der Waals surface area contributed by atoms with Crippen LogP contribution in [-0.2, 0) is 13.2 Å². The van der Waals surface area contributed by atoms with Gasteiger partial charge in [0, 0.05) is 11.6 Å². The van der Waals surface area contributed by atoms with E-state index in [9.17, 15) is 4.39 Å². The maximum atomic E-state index is 13.2. The standard InChI is InChI=1S/C20H15BrCl2FNO/c21-17-9-13(11-25-19-6-5-15(22)10-18(19)23)4-7-20(17)26-12-14-2-1-3-16(24)8-14/h1-10,25H,11-12H2. The smallest absolute Gasteiger partial charge is 0.134 e. The van der Waals surface area contributed by atoms with Gasteiger partial charge in [0.1, 0.15) is 18.2 Å². The van der Waals surface area contributed by atoms with Crippen molar-refractivity contribution in [2.45, 2.75) is 13.2 Å². The molecule has 0 aromatic heterocycles. The van der Waals surface area contributed by atoms with E-state index in [0.717, 1.165) is 21.3 Å². The number of halogens is 4. The highest BCUT2D eigenvalue weighted by molar-refractivity contribution is 9.10. The summed E-state index contributed by atoms with van der Waals surface area (Å²) in [7, 11) is 0. The molecule has 2 nitrogen and oxygen atoms in total. The molecule has 0 aliphatic rings. The molecule has 26 heavy (non-hydrogen) atoms. The Morgan fingerprint density at radius 3 is 2.54 bits per heavy atom. The van der Waals surface area contributed by atoms with Crippen LogP contribution in [0, 0.1) is 5.82 Å². The second-order valence-corrected chi connectivity index (χ2v) is 7.36. The van der Waals surface area contributed by atoms with Gasteiger partial charge in [-0.05, 0) is 69.5 Å². The molecule has 0 saturated carbocycles. The van der Waals surface area contributed by atoms with E-state index in [1.54, 1.807) is 18.2 Å². The summed E-state index contributed by atoms with van der Waals surface area (Å²) < 4.78 is 19.8. The molecule has 0 heterocycles. The predicted molar refractivity (Wildman–Crippen MR) is 109 cm³/mol. The molecular weight excluding hydrogens is 440 g/mol. The summed E-state index contributed by atoms with van der Waals surface area (Å²) in [5, 5.41) is 4.45. The van der Waals surface area contributed by atoms with Crippen molar-refractivity contribution in [3.63, 3.8) is 0 Å². The summed E-state index contributed by atoms with van der Waals surface area (Å²) in [5.41, 5.74) is 2.65. The van der Waals surface area contributed by atoms with E-state index in [-0.39, 0.29) is 5.82 Å². The summed E-state index contributed by atoms with van der Waals surface area (Å²) in [6.45, 7) is 0.901. The molecular formula is C20H15BrCl2FNO. The van der Waals surface area contributed by atoms with E-state index in [2.05, 4.69) is 21.2 Å². The van der Waals surface area contributed by atoms with Gasteiger partial charge in [0.05, 0.1) is 15.2 Å². The third kappa shape index (κ3) is 5.13. The molecule has 0 aliphatic carbocycles. The number of benzene rings is 3. The van der Waals surface area contributed by atoms with Crippen LogP contribution >= 0.6 is 39.1 Å². The van der Waals surface area contributed by atoms with Crippen molar-refractivity contribution in [1.29, 1.82) is 0 Å². The van der Waals surface area contributed by atoms with Crippen LogP contribution in [0.2, 0.25) is 10.0 Å². The average Bonchev–Trinajstić information content (AvgIpc) is 2.60. The lowest BCUT2D eigenvalue weighted by molar-refractivity contribution is 0.303. The van der Waals surface area contributed by atoms with Crippen molar-refractivity contribution in [1.82, 2.24) is 0 Å². The molecule has 6 heteroatoms. The third-order valence-electron chi connectivity index (χ3n) is 3.69. The Hall–Kier alpha value is -1.75. The molecule has 0 bridgehead atoms. The first-order chi connectivity index (χ1) is 12.5. The lowest BCUT2D eigenvalue weighted by atomic mass is 10.2. The zero-order chi connectivity index (χ0) is 18.5. The molecule has 0 unspecified atom stereocenters. The average molecular weight is 455 g/mol. The van der Waals surface area contributed by atoms with Gasteiger partial charge in [-0.1, -0.05) is 41.4 Å². The number of hydrogen-bond acceptors (Lipinski definition) is 2. The summed E-state index contributed by atoms with van der Waals surface area (Å²) in [6.07, 6.45) is 0. The first-order valence-electron chi connectivity index (χ1n) is 7.86. The van der Waals surface area contributed by atoms with Gasteiger partial charge >= 0.3 is 0 Å². The molecule has 0 amide bonds. The second kappa shape index (κ2) is 8.76. The fourth-order valence-electron chi connectivity index (χ4n) is 2.39. The molecule has 3 aromatic rings. The van der Waals surface area contributed by atoms with Crippen LogP contribution in [0.4, 0.5) is 10.1 Å². The first-order valence-corrected chi connectivity index (χ1v) is 9.41. The van der Waals surface area contributed by atoms with Crippen molar-refractivity contribution in [3.05, 3.63) is 92.1 Å². The van der Waals surface area contributed by atoms with Gasteiger partial charge in [0.25, 0.3) is 0 Å². The quantitative estimate of drug-likeness (QED) is 0.429. The minimum Gasteiger partial charge on any atom is -0.488 e. The van der Waals surface area contributed by atoms with Crippen molar-refractivity contribution in [2.24, 2.45) is 0 Å². The monoisotopic (exact) mass is 453 g/mol. The van der Waals surface area contributed by atoms with Gasteiger partial charge in [-0.3, -0.25) is 0 Å². The van der Waals surface area contributed by atoms with Gasteiger partial charge < -0.3 is 10.1 Å². The fourth-order valence-corrected chi connectivity index (χ4v) is 3.41. The molecule has 0 spiro atoms. The maximum Gasteiger partial charge on any atom is 0.134 e. The highest BCUT2D eigenvalue weighted by Gasteiger charge is 2.06. The highest BCUT2D eigenvalue weighted by Crippen LogP contribution is 2.29. The Bertz CT molecular complexity index is 920. The van der Waals surface area contributed by atoms with Crippen LogP contribution in [0.25, 0.3) is 0 Å². The van der Waals surface area contributed by atoms with E-state index >= 15 is 0 Å². The van der Waals surface area contributed by atoms with Crippen LogP contribution in [-0.4, -0.2) is 0 Å². The molecule has 1 N–H and O–H groups in total. The molecule has 134 valence electrons. The molecule has 3 aromatic carbocycles. The molecule has 0 aliphatic heterocycles. The van der Waals surface area contributed by atoms with E-state index in [0.29, 0.717) is 28.9 Å². The van der Waals surface area contributed by atoms with Crippen molar-refractivity contribution in [2.75, 3.05) is 5.32 Å². The van der Waals surface area contributed by atoms with Crippen molar-refractivity contribution < 1.29 is 9.13 Å². The number of rotatable bonds is 6. The number of nitrogens with one attached hydrogen (secondary N) is 1. The Labute approximate surface area is 170 Å². The Balaban J connectivity index is 1.61. The number of hydrogen-bond donors (Lipinski definition) is 1. The van der Waals surface area contributed by atoms with Crippen molar-refractivity contribution in [3.8, 4) is 5.75 Å². The fraction of sp³-hybridized carbons (Fsp3) is 0.100. The summed E-state index contributed by atoms with van der Waals surface area (Å²) >= 11 is 15.6. The van der Waals surface area contributed by atoms with Crippen LogP contribution in [0.15, 0.2) is 65.1 Å². The van der Waals surface area contributed by atoms with Crippen LogP contribution in [0.5, 0.6) is 5.75 Å². The first kappa shape index (κ1) is 19.0. The number of anilines is 1. The second-order valence-electron chi connectivity index (χ2n) is 5.66. The van der Waals surface area contributed by atoms with E-state index in [1.807, 2.05) is 30.3 Å². The zero-order valence-corrected chi connectivity index (χ0v) is 16.7. The SMILES string of the molecule is Fc1cccc(COc2ccc(CNc3ccc(Cl)cc3Cl)cc2Br)c1. The minimum absolute atomic E-state index is 0.271. The normalized spacial score (nSPS) is 10.6. The van der Waals surface area contributed by atoms with E-state index in [1.165, 1.54) is 12.1 Å². The van der Waals surface area contributed by atoms with E-state index in [4.69, 9.17) is 27.9 Å². The molecule has 0 radical (unpaired) electrons. The molecule has 3 rings (SSSR count). The lowest BCUT2D eigenvalue weighted by Crippen LogP contribution is -2.01. The van der Waals surface area contributed by atoms with Gasteiger partial charge in [0.15, 0.2) is 0 Å². The van der Waals surface area contributed by atoms with Gasteiger partial charge in [-0.25, -0.2) is 4.39 Å². The molecule has 0 saturated heterocycles. The van der Waals surface area contributed by atoms with Gasteiger partial charge in [-0.2, -0.15) is 0 Å². The van der Waals surface area contributed by atoms with Gasteiger partial charge in [-0.15, -0.1) is 0 Å². The molecule has 0 fully saturated rings. The van der Waals surface area contributed by atoms with E-state index < -0.39 is 0 Å². The molecule has 0 atom stereocenters. The van der Waals surface area contributed by atoms with Crippen LogP contribution < -0.4 is 10.1 Å². The van der Waals surface area contributed by atoms with Crippen LogP contribution in [0.1, 0.15) is 11.1 Å². The third-order valence-corrected chi connectivity index (χ3v) is 4.86. The topological polar surface area (TPSA) is 21.3 Å². The lowest BCUT2D eigenvalue weighted by Gasteiger charge is -2.12. The Morgan fingerprint density at radius 1 is 0.962 bits per heavy atom. The summed E-state index contributed by atoms with van der Waals surface area (Å²) in [6, 6.07) is 17.5. The number of ether oxygens (including phenoxy) is 1. The predicted octanol–water partition coefficient (Wildman–Crippen LogP) is 7.09. The highest BCUT2D eigenvalue weighted by atomic mass is 79.9. The Morgan fingerprint density at radius 2 is 1.81 bits per heavy atom. The largest absolute Gasteiger partial charge is 0.488 e. The van der Waals surface area contributed by atoms with Crippen LogP contribution in [0.3, 0.4) is 0 Å². The zero-order valence-electron chi connectivity index (χ0n) is 13.6. The van der Waals surface area contributed by atoms with Crippen molar-refractivity contribution >= 4 is 44.8 Å². The van der Waals surface area contributed by atoms with Gasteiger partial charge in [0.2, 0.25) is 0 Å². The maximum absolute atomic E-state index is 13.2. The Kier molecular flexibility index (Phi) is 6.41. The minimum atomic E-state index is -0.271. The summed E-state index contributed by atoms with van der Waals surface area (Å²) in [4.78, 5) is 0.